The van der Waals surface area contributed by atoms with Crippen LogP contribution in [0.25, 0.3) is 0 Å². The first kappa shape index (κ1) is 11.9. The average molecular weight is 220 g/mol. The van der Waals surface area contributed by atoms with Crippen molar-refractivity contribution in [1.29, 1.82) is 0 Å². The molecule has 16 heavy (non-hydrogen) atoms. The lowest BCUT2D eigenvalue weighted by Crippen LogP contribution is -2.27. The largest absolute Gasteiger partial charge is 0.380 e. The summed E-state index contributed by atoms with van der Waals surface area (Å²) >= 11 is 0. The quantitative estimate of drug-likeness (QED) is 0.650. The van der Waals surface area contributed by atoms with Crippen molar-refractivity contribution in [2.45, 2.75) is 40.5 Å². The van der Waals surface area contributed by atoms with E-state index in [-0.39, 0.29) is 5.41 Å². The van der Waals surface area contributed by atoms with Gasteiger partial charge in [0.05, 0.1) is 13.2 Å². The van der Waals surface area contributed by atoms with Gasteiger partial charge in [-0.05, 0) is 38.5 Å². The summed E-state index contributed by atoms with van der Waals surface area (Å²) < 4.78 is 5.71. The molecule has 1 aliphatic heterocycles. The Labute approximate surface area is 99.6 Å². The highest BCUT2D eigenvalue weighted by Crippen LogP contribution is 2.45. The molecule has 1 heteroatoms. The van der Waals surface area contributed by atoms with E-state index >= 15 is 0 Å². The molecule has 2 rings (SSSR count). The molecular weight excluding hydrogens is 196 g/mol. The second-order valence-corrected chi connectivity index (χ2v) is 6.08. The third-order valence-electron chi connectivity index (χ3n) is 4.12. The highest BCUT2D eigenvalue weighted by molar-refractivity contribution is 5.27. The molecule has 1 saturated heterocycles. The van der Waals surface area contributed by atoms with Gasteiger partial charge < -0.3 is 4.74 Å². The molecule has 0 unspecified atom stereocenters. The van der Waals surface area contributed by atoms with Gasteiger partial charge in [-0.15, -0.1) is 0 Å². The topological polar surface area (TPSA) is 9.23 Å². The van der Waals surface area contributed by atoms with Crippen LogP contribution in [0.3, 0.4) is 0 Å². The van der Waals surface area contributed by atoms with Gasteiger partial charge in [0.2, 0.25) is 0 Å². The fourth-order valence-corrected chi connectivity index (χ4v) is 3.24. The van der Waals surface area contributed by atoms with Gasteiger partial charge in [0.15, 0.2) is 0 Å². The molecule has 1 fully saturated rings. The summed E-state index contributed by atoms with van der Waals surface area (Å²) in [5.41, 5.74) is 3.19. The molecule has 0 radical (unpaired) electrons. The zero-order chi connectivity index (χ0) is 11.8. The van der Waals surface area contributed by atoms with Crippen molar-refractivity contribution >= 4 is 0 Å². The monoisotopic (exact) mass is 220 g/mol. The highest BCUT2D eigenvalue weighted by atomic mass is 16.5. The van der Waals surface area contributed by atoms with Gasteiger partial charge in [-0.3, -0.25) is 0 Å². The number of allylic oxidation sites excluding steroid dienone is 3. The van der Waals surface area contributed by atoms with Crippen LogP contribution < -0.4 is 0 Å². The third-order valence-corrected chi connectivity index (χ3v) is 4.12. The molecule has 0 bridgehead atoms. The molecule has 0 aromatic rings. The second-order valence-electron chi connectivity index (χ2n) is 6.08. The van der Waals surface area contributed by atoms with Crippen LogP contribution in [-0.4, -0.2) is 13.2 Å². The van der Waals surface area contributed by atoms with E-state index in [4.69, 9.17) is 4.74 Å². The maximum atomic E-state index is 5.71. The Morgan fingerprint density at radius 2 is 2.25 bits per heavy atom. The van der Waals surface area contributed by atoms with Gasteiger partial charge in [-0.25, -0.2) is 0 Å². The number of hydrogen-bond donors (Lipinski definition) is 0. The van der Waals surface area contributed by atoms with Crippen molar-refractivity contribution in [3.05, 3.63) is 23.3 Å². The first-order valence-electron chi connectivity index (χ1n) is 6.46. The molecule has 0 amide bonds. The summed E-state index contributed by atoms with van der Waals surface area (Å²) in [6.45, 7) is 11.0. The lowest BCUT2D eigenvalue weighted by Gasteiger charge is -2.28. The van der Waals surface area contributed by atoms with Crippen molar-refractivity contribution < 1.29 is 4.74 Å². The van der Waals surface area contributed by atoms with E-state index in [0.29, 0.717) is 0 Å². The molecule has 2 aliphatic rings. The Bertz CT molecular complexity index is 322. The van der Waals surface area contributed by atoms with Gasteiger partial charge in [0.25, 0.3) is 0 Å². The molecule has 0 saturated carbocycles. The Morgan fingerprint density at radius 3 is 2.94 bits per heavy atom. The van der Waals surface area contributed by atoms with E-state index in [1.54, 1.807) is 0 Å². The lowest BCUT2D eigenvalue weighted by atomic mass is 9.74. The normalized spacial score (nSPS) is 38.6. The zero-order valence-corrected chi connectivity index (χ0v) is 11.0. The molecular formula is C15H24O. The number of hydrogen-bond acceptors (Lipinski definition) is 1. The lowest BCUT2D eigenvalue weighted by molar-refractivity contribution is 0.169. The van der Waals surface area contributed by atoms with Gasteiger partial charge >= 0.3 is 0 Å². The Morgan fingerprint density at radius 1 is 1.50 bits per heavy atom. The summed E-state index contributed by atoms with van der Waals surface area (Å²) in [7, 11) is 0. The summed E-state index contributed by atoms with van der Waals surface area (Å²) in [5.74, 6) is 1.50. The minimum atomic E-state index is 0.275. The molecule has 0 aromatic carbocycles. The Kier molecular flexibility index (Phi) is 3.25. The van der Waals surface area contributed by atoms with Crippen molar-refractivity contribution in [3.8, 4) is 0 Å². The number of fused-ring (bicyclic) bond motifs is 1. The molecule has 90 valence electrons. The van der Waals surface area contributed by atoms with Crippen LogP contribution in [0, 0.1) is 17.3 Å². The van der Waals surface area contributed by atoms with E-state index in [1.165, 1.54) is 24.0 Å². The summed E-state index contributed by atoms with van der Waals surface area (Å²) in [4.78, 5) is 0. The first-order chi connectivity index (χ1) is 7.51. The van der Waals surface area contributed by atoms with Crippen LogP contribution >= 0.6 is 0 Å². The molecule has 0 N–H and O–H groups in total. The zero-order valence-electron chi connectivity index (χ0n) is 11.0. The van der Waals surface area contributed by atoms with Crippen LogP contribution in [0.5, 0.6) is 0 Å². The van der Waals surface area contributed by atoms with Crippen molar-refractivity contribution in [2.24, 2.45) is 17.3 Å². The van der Waals surface area contributed by atoms with E-state index in [9.17, 15) is 0 Å². The maximum absolute atomic E-state index is 5.71. The van der Waals surface area contributed by atoms with E-state index in [0.717, 1.165) is 25.0 Å². The summed E-state index contributed by atoms with van der Waals surface area (Å²) in [6.07, 6.45) is 7.37. The van der Waals surface area contributed by atoms with Crippen molar-refractivity contribution in [1.82, 2.24) is 0 Å². The van der Waals surface area contributed by atoms with Gasteiger partial charge in [-0.1, -0.05) is 37.1 Å². The summed E-state index contributed by atoms with van der Waals surface area (Å²) in [6, 6.07) is 0. The fourth-order valence-electron chi connectivity index (χ4n) is 3.24. The Balaban J connectivity index is 2.30. The van der Waals surface area contributed by atoms with E-state index in [2.05, 4.69) is 39.8 Å². The van der Waals surface area contributed by atoms with E-state index < -0.39 is 0 Å². The smallest absolute Gasteiger partial charge is 0.0558 e. The molecule has 1 heterocycles. The molecule has 0 spiro atoms. The third kappa shape index (κ3) is 2.24. The molecule has 1 aliphatic carbocycles. The minimum absolute atomic E-state index is 0.275. The standard InChI is InChI=1S/C15H24O/c1-11(2)7-13-6-5-12(3)14-9-16-10-15(14,4)8-13/h7-8,12,14H,5-6,9-10H2,1-4H3/t12-,14-,15-/m0/s1. The highest BCUT2D eigenvalue weighted by Gasteiger charge is 2.42. The van der Waals surface area contributed by atoms with Gasteiger partial charge in [0, 0.05) is 5.41 Å². The van der Waals surface area contributed by atoms with Gasteiger partial charge in [0.1, 0.15) is 0 Å². The van der Waals surface area contributed by atoms with E-state index in [1.807, 2.05) is 0 Å². The predicted molar refractivity (Wildman–Crippen MR) is 68.3 cm³/mol. The van der Waals surface area contributed by atoms with Gasteiger partial charge in [-0.2, -0.15) is 0 Å². The number of ether oxygens (including phenoxy) is 1. The SMILES string of the molecule is CC(C)=CC1=C[C@@]2(C)COC[C@H]2[C@@H](C)CC1. The summed E-state index contributed by atoms with van der Waals surface area (Å²) in [5, 5.41) is 0. The van der Waals surface area contributed by atoms with Crippen LogP contribution in [0.15, 0.2) is 23.3 Å². The van der Waals surface area contributed by atoms with Crippen LogP contribution in [-0.2, 0) is 4.74 Å². The second kappa shape index (κ2) is 4.37. The average Bonchev–Trinajstić information content (AvgIpc) is 2.50. The van der Waals surface area contributed by atoms with Crippen LogP contribution in [0.1, 0.15) is 40.5 Å². The number of rotatable bonds is 1. The molecule has 0 aromatic heterocycles. The van der Waals surface area contributed by atoms with Crippen LogP contribution in [0.2, 0.25) is 0 Å². The predicted octanol–water partition coefficient (Wildman–Crippen LogP) is 3.96. The Hall–Kier alpha value is -0.560. The maximum Gasteiger partial charge on any atom is 0.0558 e. The van der Waals surface area contributed by atoms with Crippen molar-refractivity contribution in [2.75, 3.05) is 13.2 Å². The molecule has 3 atom stereocenters. The fraction of sp³-hybridized carbons (Fsp3) is 0.733. The van der Waals surface area contributed by atoms with Crippen molar-refractivity contribution in [3.63, 3.8) is 0 Å². The molecule has 1 nitrogen and oxygen atoms in total. The van der Waals surface area contributed by atoms with Crippen LogP contribution in [0.4, 0.5) is 0 Å². The first-order valence-corrected chi connectivity index (χ1v) is 6.46. The minimum Gasteiger partial charge on any atom is -0.380 e.